The average Bonchev–Trinajstić information content (AvgIpc) is 2.49. The Bertz CT molecular complexity index is 517. The molecule has 0 aliphatic heterocycles. The molecule has 0 saturated carbocycles. The van der Waals surface area contributed by atoms with Gasteiger partial charge in [0.25, 0.3) is 0 Å². The summed E-state index contributed by atoms with van der Waals surface area (Å²) < 4.78 is 13.5. The third kappa shape index (κ3) is 5.66. The van der Waals surface area contributed by atoms with E-state index in [1.54, 1.807) is 12.2 Å². The molecule has 0 aromatic heterocycles. The van der Waals surface area contributed by atoms with Crippen LogP contribution >= 0.6 is 0 Å². The summed E-state index contributed by atoms with van der Waals surface area (Å²) in [5.41, 5.74) is 3.13. The van der Waals surface area contributed by atoms with E-state index in [4.69, 9.17) is 0 Å². The molecule has 0 nitrogen and oxygen atoms in total. The first-order valence-corrected chi connectivity index (χ1v) is 6.77. The molecule has 1 rings (SSSR count). The second-order valence-corrected chi connectivity index (χ2v) is 4.37. The van der Waals surface area contributed by atoms with E-state index in [0.29, 0.717) is 12.0 Å². The Morgan fingerprint density at radius 3 is 2.35 bits per heavy atom. The van der Waals surface area contributed by atoms with Crippen LogP contribution in [0.2, 0.25) is 0 Å². The van der Waals surface area contributed by atoms with Crippen LogP contribution in [0, 0.1) is 0 Å². The zero-order valence-corrected chi connectivity index (χ0v) is 12.0. The van der Waals surface area contributed by atoms with E-state index in [9.17, 15) is 4.39 Å². The van der Waals surface area contributed by atoms with Gasteiger partial charge in [0.1, 0.15) is 5.83 Å². The SMILES string of the molecule is C=CC(C=C)=C/C(F)=C\C/C=C/c1ccc(CC)cc1. The van der Waals surface area contributed by atoms with Crippen LogP contribution in [0.25, 0.3) is 6.08 Å². The predicted octanol–water partition coefficient (Wildman–Crippen LogP) is 5.80. The lowest BCUT2D eigenvalue weighted by molar-refractivity contribution is 0.662. The fourth-order valence-electron chi connectivity index (χ4n) is 1.67. The third-order valence-electron chi connectivity index (χ3n) is 2.92. The zero-order chi connectivity index (χ0) is 14.8. The molecule has 1 aromatic rings. The number of benzene rings is 1. The first kappa shape index (κ1) is 15.9. The summed E-state index contributed by atoms with van der Waals surface area (Å²) in [5, 5.41) is 0. The first-order chi connectivity index (χ1) is 9.69. The molecule has 0 amide bonds. The molecule has 0 aliphatic carbocycles. The summed E-state index contributed by atoms with van der Waals surface area (Å²) in [7, 11) is 0. The van der Waals surface area contributed by atoms with Crippen molar-refractivity contribution in [3.8, 4) is 0 Å². The molecule has 1 heteroatoms. The summed E-state index contributed by atoms with van der Waals surface area (Å²) >= 11 is 0. The lowest BCUT2D eigenvalue weighted by Crippen LogP contribution is -1.79. The van der Waals surface area contributed by atoms with E-state index in [-0.39, 0.29) is 5.83 Å². The normalized spacial score (nSPS) is 11.4. The number of halogens is 1. The average molecular weight is 268 g/mol. The van der Waals surface area contributed by atoms with Crippen LogP contribution in [-0.2, 0) is 6.42 Å². The molecular formula is C19H21F. The minimum Gasteiger partial charge on any atom is -0.207 e. The summed E-state index contributed by atoms with van der Waals surface area (Å²) in [4.78, 5) is 0. The Hall–Kier alpha value is -2.15. The molecule has 0 N–H and O–H groups in total. The summed E-state index contributed by atoms with van der Waals surface area (Å²) in [6.07, 6.45) is 11.6. The van der Waals surface area contributed by atoms with Gasteiger partial charge >= 0.3 is 0 Å². The highest BCUT2D eigenvalue weighted by atomic mass is 19.1. The molecule has 0 aliphatic rings. The number of hydrogen-bond donors (Lipinski definition) is 0. The van der Waals surface area contributed by atoms with Crippen LogP contribution < -0.4 is 0 Å². The van der Waals surface area contributed by atoms with E-state index in [2.05, 4.69) is 44.3 Å². The first-order valence-electron chi connectivity index (χ1n) is 6.77. The Labute approximate surface area is 121 Å². The quantitative estimate of drug-likeness (QED) is 0.548. The number of rotatable bonds is 7. The fourth-order valence-corrected chi connectivity index (χ4v) is 1.67. The van der Waals surface area contributed by atoms with Crippen molar-refractivity contribution in [3.63, 3.8) is 0 Å². The Morgan fingerprint density at radius 2 is 1.80 bits per heavy atom. The number of hydrogen-bond acceptors (Lipinski definition) is 0. The third-order valence-corrected chi connectivity index (χ3v) is 2.92. The molecule has 0 fully saturated rings. The van der Waals surface area contributed by atoms with Crippen LogP contribution in [0.5, 0.6) is 0 Å². The van der Waals surface area contributed by atoms with Gasteiger partial charge in [-0.2, -0.15) is 0 Å². The van der Waals surface area contributed by atoms with Gasteiger partial charge in [-0.25, -0.2) is 4.39 Å². The van der Waals surface area contributed by atoms with Crippen molar-refractivity contribution >= 4 is 6.08 Å². The molecule has 20 heavy (non-hydrogen) atoms. The van der Waals surface area contributed by atoms with Gasteiger partial charge in [-0.15, -0.1) is 0 Å². The zero-order valence-electron chi connectivity index (χ0n) is 12.0. The van der Waals surface area contributed by atoms with Crippen molar-refractivity contribution in [3.05, 3.63) is 90.3 Å². The molecular weight excluding hydrogens is 247 g/mol. The molecule has 104 valence electrons. The summed E-state index contributed by atoms with van der Waals surface area (Å²) in [5.74, 6) is -0.272. The van der Waals surface area contributed by atoms with Gasteiger partial charge < -0.3 is 0 Å². The van der Waals surface area contributed by atoms with Crippen molar-refractivity contribution in [2.24, 2.45) is 0 Å². The second-order valence-electron chi connectivity index (χ2n) is 4.37. The minimum absolute atomic E-state index is 0.272. The predicted molar refractivity (Wildman–Crippen MR) is 87.1 cm³/mol. The van der Waals surface area contributed by atoms with Crippen molar-refractivity contribution in [1.29, 1.82) is 0 Å². The Morgan fingerprint density at radius 1 is 1.15 bits per heavy atom. The highest BCUT2D eigenvalue weighted by Gasteiger charge is 1.91. The minimum atomic E-state index is -0.272. The monoisotopic (exact) mass is 268 g/mol. The van der Waals surface area contributed by atoms with Crippen LogP contribution in [0.1, 0.15) is 24.5 Å². The van der Waals surface area contributed by atoms with Gasteiger partial charge in [0.15, 0.2) is 0 Å². The van der Waals surface area contributed by atoms with Gasteiger partial charge in [0.2, 0.25) is 0 Å². The van der Waals surface area contributed by atoms with Crippen molar-refractivity contribution in [2.75, 3.05) is 0 Å². The Kier molecular flexibility index (Phi) is 7.05. The topological polar surface area (TPSA) is 0 Å². The molecule has 0 unspecified atom stereocenters. The van der Waals surface area contributed by atoms with Crippen LogP contribution in [0.15, 0.2) is 79.2 Å². The van der Waals surface area contributed by atoms with E-state index in [0.717, 1.165) is 12.0 Å². The van der Waals surface area contributed by atoms with Crippen LogP contribution in [0.3, 0.4) is 0 Å². The van der Waals surface area contributed by atoms with Crippen LogP contribution in [0.4, 0.5) is 4.39 Å². The van der Waals surface area contributed by atoms with Gasteiger partial charge in [-0.3, -0.25) is 0 Å². The van der Waals surface area contributed by atoms with Crippen molar-refractivity contribution in [1.82, 2.24) is 0 Å². The van der Waals surface area contributed by atoms with Gasteiger partial charge in [0, 0.05) is 0 Å². The van der Waals surface area contributed by atoms with Gasteiger partial charge in [-0.05, 0) is 41.7 Å². The highest BCUT2D eigenvalue weighted by molar-refractivity contribution is 5.50. The van der Waals surface area contributed by atoms with Crippen molar-refractivity contribution in [2.45, 2.75) is 19.8 Å². The van der Waals surface area contributed by atoms with Crippen LogP contribution in [-0.4, -0.2) is 0 Å². The number of aryl methyl sites for hydroxylation is 1. The molecule has 0 saturated heterocycles. The Balaban J connectivity index is 2.57. The van der Waals surface area contributed by atoms with Crippen molar-refractivity contribution < 1.29 is 4.39 Å². The molecule has 0 radical (unpaired) electrons. The molecule has 0 atom stereocenters. The molecule has 0 spiro atoms. The maximum atomic E-state index is 13.5. The van der Waals surface area contributed by atoms with E-state index >= 15 is 0 Å². The van der Waals surface area contributed by atoms with E-state index in [1.165, 1.54) is 17.7 Å². The summed E-state index contributed by atoms with van der Waals surface area (Å²) in [6.45, 7) is 9.31. The summed E-state index contributed by atoms with van der Waals surface area (Å²) in [6, 6.07) is 8.37. The van der Waals surface area contributed by atoms with E-state index in [1.807, 2.05) is 12.2 Å². The lowest BCUT2D eigenvalue weighted by Gasteiger charge is -1.96. The molecule has 0 bridgehead atoms. The van der Waals surface area contributed by atoms with E-state index < -0.39 is 0 Å². The van der Waals surface area contributed by atoms with Gasteiger partial charge in [0.05, 0.1) is 0 Å². The lowest BCUT2D eigenvalue weighted by atomic mass is 10.1. The van der Waals surface area contributed by atoms with Gasteiger partial charge in [-0.1, -0.05) is 68.7 Å². The number of allylic oxidation sites excluding steroid dienone is 7. The smallest absolute Gasteiger partial charge is 0.120 e. The second kappa shape index (κ2) is 8.87. The standard InChI is InChI=1S/C19H21F/c1-4-16(5-2)15-19(20)10-8-7-9-18-13-11-17(6-3)12-14-18/h4-5,7,9-15H,1-2,6,8H2,3H3/b9-7+,19-10+. The maximum Gasteiger partial charge on any atom is 0.120 e. The largest absolute Gasteiger partial charge is 0.207 e. The maximum absolute atomic E-state index is 13.5. The molecule has 0 heterocycles. The molecule has 1 aromatic carbocycles. The fraction of sp³-hybridized carbons (Fsp3) is 0.158. The highest BCUT2D eigenvalue weighted by Crippen LogP contribution is 2.10.